The average Bonchev–Trinajstić information content (AvgIpc) is 3.22. The zero-order valence-electron chi connectivity index (χ0n) is 11.8. The highest BCUT2D eigenvalue weighted by atomic mass is 32.2. The monoisotopic (exact) mass is 313 g/mol. The number of aromatic carboxylic acids is 1. The summed E-state index contributed by atoms with van der Waals surface area (Å²) in [4.78, 5) is 10.9. The number of carboxylic acid groups (broad SMARTS) is 1. The molecule has 1 aromatic rings. The Bertz CT molecular complexity index is 637. The predicted octanol–water partition coefficient (Wildman–Crippen LogP) is 1.90. The Hall–Kier alpha value is -1.60. The molecule has 2 rings (SSSR count). The first-order valence-corrected chi connectivity index (χ1v) is 8.36. The predicted molar refractivity (Wildman–Crippen MR) is 76.8 cm³/mol. The van der Waals surface area contributed by atoms with Gasteiger partial charge in [0.05, 0.1) is 4.90 Å². The number of hydrogen-bond donors (Lipinski definition) is 2. The number of carboxylic acids is 1. The summed E-state index contributed by atoms with van der Waals surface area (Å²) in [6.07, 6.45) is 2.76. The fraction of sp³-hybridized carbons (Fsp3) is 0.500. The van der Waals surface area contributed by atoms with E-state index in [-0.39, 0.29) is 4.90 Å². The van der Waals surface area contributed by atoms with E-state index in [2.05, 4.69) is 0 Å². The molecule has 6 nitrogen and oxygen atoms in total. The van der Waals surface area contributed by atoms with Gasteiger partial charge < -0.3 is 10.2 Å². The van der Waals surface area contributed by atoms with Crippen LogP contribution >= 0.6 is 0 Å². The van der Waals surface area contributed by atoms with Crippen LogP contribution in [0.1, 0.15) is 36.5 Å². The van der Waals surface area contributed by atoms with Crippen LogP contribution in [0.25, 0.3) is 0 Å². The molecule has 1 aliphatic carbocycles. The first kappa shape index (κ1) is 15.8. The lowest BCUT2D eigenvalue weighted by Gasteiger charge is -2.21. The summed E-state index contributed by atoms with van der Waals surface area (Å²) in [5.74, 6) is -1.39. The number of phenols is 1. The van der Waals surface area contributed by atoms with Crippen LogP contribution in [0.4, 0.5) is 0 Å². The van der Waals surface area contributed by atoms with Crippen molar-refractivity contribution in [2.45, 2.75) is 31.1 Å². The number of sulfonamides is 1. The zero-order chi connectivity index (χ0) is 15.6. The summed E-state index contributed by atoms with van der Waals surface area (Å²) < 4.78 is 26.7. The summed E-state index contributed by atoms with van der Waals surface area (Å²) in [5.41, 5.74) is -0.404. The Labute approximate surface area is 124 Å². The van der Waals surface area contributed by atoms with Crippen molar-refractivity contribution in [3.05, 3.63) is 23.8 Å². The van der Waals surface area contributed by atoms with Crippen molar-refractivity contribution in [1.82, 2.24) is 4.31 Å². The van der Waals surface area contributed by atoms with Crippen LogP contribution in [0.5, 0.6) is 5.75 Å². The van der Waals surface area contributed by atoms with Gasteiger partial charge >= 0.3 is 5.97 Å². The van der Waals surface area contributed by atoms with Crippen molar-refractivity contribution in [3.63, 3.8) is 0 Å². The summed E-state index contributed by atoms with van der Waals surface area (Å²) in [6, 6.07) is 3.37. The lowest BCUT2D eigenvalue weighted by Crippen LogP contribution is -2.33. The first-order valence-electron chi connectivity index (χ1n) is 6.92. The number of nitrogens with zero attached hydrogens (tertiary/aromatic N) is 1. The molecule has 1 aliphatic rings. The molecule has 2 N–H and O–H groups in total. The maximum absolute atomic E-state index is 12.6. The van der Waals surface area contributed by atoms with E-state index in [1.807, 2.05) is 6.92 Å². The molecule has 0 aliphatic heterocycles. The summed E-state index contributed by atoms with van der Waals surface area (Å²) in [6.45, 7) is 2.77. The number of rotatable bonds is 7. The molecule has 0 amide bonds. The van der Waals surface area contributed by atoms with E-state index in [1.165, 1.54) is 10.4 Å². The normalized spacial score (nSPS) is 15.3. The van der Waals surface area contributed by atoms with Gasteiger partial charge in [0.15, 0.2) is 0 Å². The molecule has 21 heavy (non-hydrogen) atoms. The third kappa shape index (κ3) is 3.54. The Morgan fingerprint density at radius 2 is 2.05 bits per heavy atom. The van der Waals surface area contributed by atoms with E-state index in [1.54, 1.807) is 0 Å². The molecule has 0 saturated heterocycles. The summed E-state index contributed by atoms with van der Waals surface area (Å²) in [5, 5.41) is 18.5. The molecule has 0 heterocycles. The number of carbonyl (C=O) groups is 1. The van der Waals surface area contributed by atoms with Crippen molar-refractivity contribution in [3.8, 4) is 5.75 Å². The van der Waals surface area contributed by atoms with Gasteiger partial charge in [0.2, 0.25) is 10.0 Å². The smallest absolute Gasteiger partial charge is 0.339 e. The van der Waals surface area contributed by atoms with Gasteiger partial charge in [-0.2, -0.15) is 4.31 Å². The molecule has 0 atom stereocenters. The average molecular weight is 313 g/mol. The highest BCUT2D eigenvalue weighted by molar-refractivity contribution is 7.89. The van der Waals surface area contributed by atoms with Crippen molar-refractivity contribution >= 4 is 16.0 Å². The minimum atomic E-state index is -3.73. The van der Waals surface area contributed by atoms with Crippen molar-refractivity contribution in [2.24, 2.45) is 5.92 Å². The molecule has 1 saturated carbocycles. The summed E-state index contributed by atoms with van der Waals surface area (Å²) in [7, 11) is -3.73. The third-order valence-corrected chi connectivity index (χ3v) is 5.33. The van der Waals surface area contributed by atoms with Gasteiger partial charge in [0.25, 0.3) is 0 Å². The van der Waals surface area contributed by atoms with Crippen LogP contribution < -0.4 is 0 Å². The lowest BCUT2D eigenvalue weighted by atomic mass is 10.2. The van der Waals surface area contributed by atoms with Gasteiger partial charge in [-0.3, -0.25) is 0 Å². The maximum atomic E-state index is 12.6. The van der Waals surface area contributed by atoms with E-state index in [0.29, 0.717) is 25.4 Å². The van der Waals surface area contributed by atoms with E-state index < -0.39 is 27.3 Å². The molecule has 0 spiro atoms. The largest absolute Gasteiger partial charge is 0.507 e. The quantitative estimate of drug-likeness (QED) is 0.801. The van der Waals surface area contributed by atoms with Crippen molar-refractivity contribution in [2.75, 3.05) is 13.1 Å². The molecule has 1 aromatic carbocycles. The minimum Gasteiger partial charge on any atom is -0.507 e. The van der Waals surface area contributed by atoms with Crippen LogP contribution in [0.15, 0.2) is 23.1 Å². The molecule has 0 unspecified atom stereocenters. The summed E-state index contributed by atoms with van der Waals surface area (Å²) >= 11 is 0. The minimum absolute atomic E-state index is 0.0909. The molecule has 0 bridgehead atoms. The van der Waals surface area contributed by atoms with Gasteiger partial charge in [0, 0.05) is 13.1 Å². The Morgan fingerprint density at radius 1 is 1.38 bits per heavy atom. The Kier molecular flexibility index (Phi) is 4.53. The number of benzene rings is 1. The molecule has 0 aromatic heterocycles. The fourth-order valence-corrected chi connectivity index (χ4v) is 3.78. The van der Waals surface area contributed by atoms with Crippen LogP contribution in [-0.2, 0) is 10.0 Å². The SMILES string of the molecule is CCCN(CC1CC1)S(=O)(=O)c1ccc(O)c(C(=O)O)c1. The number of hydrogen-bond acceptors (Lipinski definition) is 4. The van der Waals surface area contributed by atoms with E-state index in [9.17, 15) is 18.3 Å². The lowest BCUT2D eigenvalue weighted by molar-refractivity contribution is 0.0693. The molecule has 1 fully saturated rings. The number of aromatic hydroxyl groups is 1. The second-order valence-electron chi connectivity index (χ2n) is 5.29. The molecular formula is C14H19NO5S. The third-order valence-electron chi connectivity index (χ3n) is 3.47. The van der Waals surface area contributed by atoms with E-state index in [4.69, 9.17) is 5.11 Å². The van der Waals surface area contributed by atoms with Crippen LogP contribution in [0.2, 0.25) is 0 Å². The first-order chi connectivity index (χ1) is 9.86. The van der Waals surface area contributed by atoms with E-state index in [0.717, 1.165) is 25.0 Å². The maximum Gasteiger partial charge on any atom is 0.339 e. The van der Waals surface area contributed by atoms with Crippen molar-refractivity contribution < 1.29 is 23.4 Å². The second kappa shape index (κ2) is 6.03. The zero-order valence-corrected chi connectivity index (χ0v) is 12.6. The van der Waals surface area contributed by atoms with Crippen LogP contribution in [0, 0.1) is 5.92 Å². The fourth-order valence-electron chi connectivity index (χ4n) is 2.14. The van der Waals surface area contributed by atoms with E-state index >= 15 is 0 Å². The second-order valence-corrected chi connectivity index (χ2v) is 7.23. The van der Waals surface area contributed by atoms with Crippen LogP contribution in [-0.4, -0.2) is 42.0 Å². The van der Waals surface area contributed by atoms with Gasteiger partial charge in [-0.15, -0.1) is 0 Å². The topological polar surface area (TPSA) is 94.9 Å². The van der Waals surface area contributed by atoms with Crippen molar-refractivity contribution in [1.29, 1.82) is 0 Å². The van der Waals surface area contributed by atoms with Gasteiger partial charge in [-0.1, -0.05) is 6.92 Å². The van der Waals surface area contributed by atoms with Gasteiger partial charge in [0.1, 0.15) is 11.3 Å². The van der Waals surface area contributed by atoms with Gasteiger partial charge in [-0.25, -0.2) is 13.2 Å². The highest BCUT2D eigenvalue weighted by Crippen LogP contribution is 2.32. The Morgan fingerprint density at radius 3 is 2.57 bits per heavy atom. The van der Waals surface area contributed by atoms with Crippen LogP contribution in [0.3, 0.4) is 0 Å². The molecular weight excluding hydrogens is 294 g/mol. The molecule has 0 radical (unpaired) electrons. The molecule has 116 valence electrons. The highest BCUT2D eigenvalue weighted by Gasteiger charge is 2.31. The molecule has 7 heteroatoms. The standard InChI is InChI=1S/C14H19NO5S/c1-2-7-15(9-10-3-4-10)21(19,20)11-5-6-13(16)12(8-11)14(17)18/h5-6,8,10,16H,2-4,7,9H2,1H3,(H,17,18). The van der Waals surface area contributed by atoms with Gasteiger partial charge in [-0.05, 0) is 43.4 Å². The Balaban J connectivity index is 2.36.